The van der Waals surface area contributed by atoms with Crippen LogP contribution >= 0.6 is 0 Å². The number of hydrogen-bond donors (Lipinski definition) is 1. The van der Waals surface area contributed by atoms with Crippen LogP contribution in [0.2, 0.25) is 0 Å². The zero-order valence-corrected chi connectivity index (χ0v) is 5.63. The van der Waals surface area contributed by atoms with Crippen LogP contribution in [0.25, 0.3) is 0 Å². The fraction of sp³-hybridized carbons (Fsp3) is 0.833. The quantitative estimate of drug-likeness (QED) is 0.505. The molecule has 1 aliphatic rings. The van der Waals surface area contributed by atoms with Crippen LogP contribution in [0.3, 0.4) is 0 Å². The molecular weight excluding hydrogens is 116 g/mol. The Labute approximate surface area is 55.0 Å². The van der Waals surface area contributed by atoms with Gasteiger partial charge in [0, 0.05) is 19.1 Å². The number of nitrogens with zero attached hydrogens (tertiary/aromatic N) is 1. The van der Waals surface area contributed by atoms with E-state index in [0.717, 1.165) is 25.9 Å². The molecule has 0 aromatic rings. The van der Waals surface area contributed by atoms with E-state index in [9.17, 15) is 4.79 Å². The van der Waals surface area contributed by atoms with Gasteiger partial charge in [0.15, 0.2) is 0 Å². The van der Waals surface area contributed by atoms with E-state index in [-0.39, 0.29) is 0 Å². The van der Waals surface area contributed by atoms with Gasteiger partial charge in [-0.2, -0.15) is 0 Å². The molecule has 3 heteroatoms. The zero-order chi connectivity index (χ0) is 6.69. The van der Waals surface area contributed by atoms with Crippen LogP contribution in [0.15, 0.2) is 0 Å². The Balaban J connectivity index is 2.28. The zero-order valence-electron chi connectivity index (χ0n) is 5.63. The molecule has 1 saturated heterocycles. The first kappa shape index (κ1) is 6.55. The van der Waals surface area contributed by atoms with E-state index >= 15 is 0 Å². The molecule has 0 aromatic heterocycles. The van der Waals surface area contributed by atoms with Gasteiger partial charge in [-0.3, -0.25) is 4.79 Å². The van der Waals surface area contributed by atoms with Gasteiger partial charge in [-0.1, -0.05) is 0 Å². The number of rotatable bonds is 2. The van der Waals surface area contributed by atoms with Gasteiger partial charge in [-0.05, 0) is 13.5 Å². The topological polar surface area (TPSA) is 32.3 Å². The third kappa shape index (κ3) is 1.42. The fourth-order valence-electron chi connectivity index (χ4n) is 1.12. The van der Waals surface area contributed by atoms with Crippen molar-refractivity contribution in [3.8, 4) is 0 Å². The molecule has 1 heterocycles. The van der Waals surface area contributed by atoms with Crippen molar-refractivity contribution in [1.29, 1.82) is 0 Å². The van der Waals surface area contributed by atoms with Gasteiger partial charge in [-0.25, -0.2) is 0 Å². The van der Waals surface area contributed by atoms with Gasteiger partial charge in [0.05, 0.1) is 0 Å². The summed E-state index contributed by atoms with van der Waals surface area (Å²) >= 11 is 0. The van der Waals surface area contributed by atoms with E-state index in [4.69, 9.17) is 0 Å². The lowest BCUT2D eigenvalue weighted by molar-refractivity contribution is -0.117. The summed E-state index contributed by atoms with van der Waals surface area (Å²) in [6.45, 7) is 1.79. The third-order valence-electron chi connectivity index (χ3n) is 1.78. The van der Waals surface area contributed by atoms with Crippen molar-refractivity contribution < 1.29 is 4.79 Å². The average Bonchev–Trinajstić information content (AvgIpc) is 2.34. The maximum Gasteiger partial charge on any atom is 0.209 e. The smallest absolute Gasteiger partial charge is 0.209 e. The van der Waals surface area contributed by atoms with E-state index in [1.54, 1.807) is 4.90 Å². The van der Waals surface area contributed by atoms with Gasteiger partial charge >= 0.3 is 0 Å². The Bertz CT molecular complexity index is 105. The van der Waals surface area contributed by atoms with Crippen LogP contribution < -0.4 is 5.32 Å². The minimum absolute atomic E-state index is 0.523. The number of carbonyl (C=O) groups is 1. The van der Waals surface area contributed by atoms with Gasteiger partial charge in [0.25, 0.3) is 0 Å². The normalized spacial score (nSPS) is 26.8. The predicted octanol–water partition coefficient (Wildman–Crippen LogP) is -0.563. The highest BCUT2D eigenvalue weighted by atomic mass is 16.1. The minimum Gasteiger partial charge on any atom is -0.344 e. The predicted molar refractivity (Wildman–Crippen MR) is 35.1 cm³/mol. The highest BCUT2D eigenvalue weighted by molar-refractivity contribution is 5.47. The molecule has 0 radical (unpaired) electrons. The second-order valence-electron chi connectivity index (χ2n) is 2.37. The summed E-state index contributed by atoms with van der Waals surface area (Å²) < 4.78 is 0. The summed E-state index contributed by atoms with van der Waals surface area (Å²) in [5, 5.41) is 3.13. The Kier molecular flexibility index (Phi) is 2.05. The summed E-state index contributed by atoms with van der Waals surface area (Å²) in [5.74, 6) is 0. The summed E-state index contributed by atoms with van der Waals surface area (Å²) in [7, 11) is 1.93. The second-order valence-corrected chi connectivity index (χ2v) is 2.37. The molecule has 0 aromatic carbocycles. The standard InChI is InChI=1S/C6H12N2O/c1-7-6-2-3-8(4-6)5-9/h5-7H,2-4H2,1H3. The molecular formula is C6H12N2O. The van der Waals surface area contributed by atoms with Gasteiger partial charge in [-0.15, -0.1) is 0 Å². The van der Waals surface area contributed by atoms with Crippen LogP contribution in [0.4, 0.5) is 0 Å². The summed E-state index contributed by atoms with van der Waals surface area (Å²) in [6.07, 6.45) is 2.01. The molecule has 1 atom stereocenters. The maximum absolute atomic E-state index is 10.2. The Hall–Kier alpha value is -0.570. The SMILES string of the molecule is CNC1CCN(C=O)C1. The van der Waals surface area contributed by atoms with Crippen molar-refractivity contribution in [3.05, 3.63) is 0 Å². The molecule has 0 bridgehead atoms. The van der Waals surface area contributed by atoms with E-state index in [1.807, 2.05) is 7.05 Å². The second kappa shape index (κ2) is 2.82. The van der Waals surface area contributed by atoms with Crippen LogP contribution in [-0.4, -0.2) is 37.5 Å². The Morgan fingerprint density at radius 3 is 2.89 bits per heavy atom. The molecule has 1 rings (SSSR count). The largest absolute Gasteiger partial charge is 0.344 e. The third-order valence-corrected chi connectivity index (χ3v) is 1.78. The molecule has 3 nitrogen and oxygen atoms in total. The number of likely N-dealkylation sites (tertiary alicyclic amines) is 1. The van der Waals surface area contributed by atoms with Crippen molar-refractivity contribution in [1.82, 2.24) is 10.2 Å². The number of hydrogen-bond acceptors (Lipinski definition) is 2. The highest BCUT2D eigenvalue weighted by Gasteiger charge is 2.18. The van der Waals surface area contributed by atoms with Gasteiger partial charge in [0.2, 0.25) is 6.41 Å². The number of amides is 1. The van der Waals surface area contributed by atoms with Crippen molar-refractivity contribution in [2.45, 2.75) is 12.5 Å². The maximum atomic E-state index is 10.2. The molecule has 1 amide bonds. The number of nitrogens with one attached hydrogen (secondary N) is 1. The first-order chi connectivity index (χ1) is 4.36. The van der Waals surface area contributed by atoms with E-state index < -0.39 is 0 Å². The molecule has 52 valence electrons. The highest BCUT2D eigenvalue weighted by Crippen LogP contribution is 2.04. The van der Waals surface area contributed by atoms with Crippen LogP contribution in [0.1, 0.15) is 6.42 Å². The van der Waals surface area contributed by atoms with E-state index in [2.05, 4.69) is 5.32 Å². The molecule has 0 aliphatic carbocycles. The van der Waals surface area contributed by atoms with Crippen molar-refractivity contribution in [2.24, 2.45) is 0 Å². The van der Waals surface area contributed by atoms with Gasteiger partial charge < -0.3 is 10.2 Å². The molecule has 1 fully saturated rings. The Morgan fingerprint density at radius 2 is 2.56 bits per heavy atom. The van der Waals surface area contributed by atoms with Crippen LogP contribution in [0, 0.1) is 0 Å². The van der Waals surface area contributed by atoms with Crippen molar-refractivity contribution in [3.63, 3.8) is 0 Å². The molecule has 1 N–H and O–H groups in total. The molecule has 1 aliphatic heterocycles. The minimum atomic E-state index is 0.523. The first-order valence-electron chi connectivity index (χ1n) is 3.23. The molecule has 0 spiro atoms. The van der Waals surface area contributed by atoms with E-state index in [0.29, 0.717) is 6.04 Å². The van der Waals surface area contributed by atoms with Gasteiger partial charge in [0.1, 0.15) is 0 Å². The Morgan fingerprint density at radius 1 is 1.78 bits per heavy atom. The number of likely N-dealkylation sites (N-methyl/N-ethyl adjacent to an activating group) is 1. The first-order valence-corrected chi connectivity index (χ1v) is 3.23. The van der Waals surface area contributed by atoms with Crippen molar-refractivity contribution in [2.75, 3.05) is 20.1 Å². The summed E-state index contributed by atoms with van der Waals surface area (Å²) in [6, 6.07) is 0.523. The van der Waals surface area contributed by atoms with E-state index in [1.165, 1.54) is 0 Å². The average molecular weight is 128 g/mol. The monoisotopic (exact) mass is 128 g/mol. The molecule has 1 unspecified atom stereocenters. The number of carbonyl (C=O) groups excluding carboxylic acids is 1. The lowest BCUT2D eigenvalue weighted by Gasteiger charge is -2.07. The summed E-state index contributed by atoms with van der Waals surface area (Å²) in [5.41, 5.74) is 0. The van der Waals surface area contributed by atoms with Crippen LogP contribution in [0.5, 0.6) is 0 Å². The lowest BCUT2D eigenvalue weighted by Crippen LogP contribution is -2.28. The summed E-state index contributed by atoms with van der Waals surface area (Å²) in [4.78, 5) is 12.0. The lowest BCUT2D eigenvalue weighted by atomic mass is 10.3. The molecule has 9 heavy (non-hydrogen) atoms. The molecule has 0 saturated carbocycles. The van der Waals surface area contributed by atoms with Crippen molar-refractivity contribution >= 4 is 6.41 Å². The van der Waals surface area contributed by atoms with Crippen LogP contribution in [-0.2, 0) is 4.79 Å². The fourth-order valence-corrected chi connectivity index (χ4v) is 1.12.